The molecular weight excluding hydrogens is 155 g/mol. The van der Waals surface area contributed by atoms with Gasteiger partial charge >= 0.3 is 0 Å². The molecule has 1 aromatic carbocycles. The van der Waals surface area contributed by atoms with E-state index in [1.165, 1.54) is 6.07 Å². The highest BCUT2D eigenvalue weighted by atomic mass is 19.1. The molecule has 61 valence electrons. The number of hydrogen-bond donors (Lipinski definition) is 0. The Hall–Kier alpha value is -1.56. The maximum Gasteiger partial charge on any atom is 0.150 e. The Bertz CT molecular complexity index is 326. The summed E-state index contributed by atoms with van der Waals surface area (Å²) in [5.74, 6) is -0.594. The van der Waals surface area contributed by atoms with Crippen molar-refractivity contribution in [3.63, 3.8) is 0 Å². The van der Waals surface area contributed by atoms with Crippen molar-refractivity contribution in [1.82, 2.24) is 0 Å². The minimum absolute atomic E-state index is 0.0440. The zero-order valence-electron chi connectivity index (χ0n) is 6.93. The third-order valence-corrected chi connectivity index (χ3v) is 1.52. The fourth-order valence-corrected chi connectivity index (χ4v) is 0.941. The van der Waals surface area contributed by atoms with Gasteiger partial charge in [-0.05, 0) is 12.1 Å². The molecule has 0 heterocycles. The Balaban J connectivity index is 3.30. The molecule has 0 saturated heterocycles. The second-order valence-electron chi connectivity index (χ2n) is 2.56. The Labute approximate surface area is 70.8 Å². The predicted molar refractivity (Wildman–Crippen MR) is 44.3 cm³/mol. The minimum Gasteiger partial charge on any atom is -0.377 e. The molecule has 0 aliphatic carbocycles. The van der Waals surface area contributed by atoms with Crippen LogP contribution in [-0.4, -0.2) is 14.1 Å². The summed E-state index contributed by atoms with van der Waals surface area (Å²) >= 11 is 0. The molecule has 1 aromatic rings. The first kappa shape index (κ1) is 8.54. The standard InChI is InChI=1S/C9H8FN2/c1-12(2)9-5-3-4-8(10)7(9)6-11/h3,5H,1-2H3. The van der Waals surface area contributed by atoms with Gasteiger partial charge in [-0.2, -0.15) is 5.26 Å². The van der Waals surface area contributed by atoms with Gasteiger partial charge in [0.05, 0.1) is 5.69 Å². The van der Waals surface area contributed by atoms with Crippen LogP contribution in [0.2, 0.25) is 0 Å². The fraction of sp³-hybridized carbons (Fsp3) is 0.222. The van der Waals surface area contributed by atoms with Crippen LogP contribution >= 0.6 is 0 Å². The van der Waals surface area contributed by atoms with E-state index in [1.54, 1.807) is 31.1 Å². The average Bonchev–Trinajstić information content (AvgIpc) is 2.03. The lowest BCUT2D eigenvalue weighted by atomic mass is 10.2. The van der Waals surface area contributed by atoms with Crippen LogP contribution in [0.25, 0.3) is 0 Å². The number of nitrogens with zero attached hydrogens (tertiary/aromatic N) is 2. The fourth-order valence-electron chi connectivity index (χ4n) is 0.941. The summed E-state index contributed by atoms with van der Waals surface area (Å²) in [6.07, 6.45) is 0. The molecule has 0 aliphatic heterocycles. The van der Waals surface area contributed by atoms with E-state index in [0.717, 1.165) is 0 Å². The van der Waals surface area contributed by atoms with Crippen LogP contribution in [0.1, 0.15) is 5.56 Å². The van der Waals surface area contributed by atoms with Gasteiger partial charge in [-0.25, -0.2) is 4.39 Å². The molecule has 0 amide bonds. The number of benzene rings is 1. The van der Waals surface area contributed by atoms with E-state index in [2.05, 4.69) is 6.07 Å². The molecule has 0 spiro atoms. The monoisotopic (exact) mass is 163 g/mol. The van der Waals surface area contributed by atoms with Gasteiger partial charge in [-0.15, -0.1) is 0 Å². The maximum absolute atomic E-state index is 12.9. The molecule has 0 aliphatic rings. The van der Waals surface area contributed by atoms with Gasteiger partial charge in [0, 0.05) is 20.2 Å². The Morgan fingerprint density at radius 1 is 1.58 bits per heavy atom. The van der Waals surface area contributed by atoms with Crippen molar-refractivity contribution < 1.29 is 4.39 Å². The van der Waals surface area contributed by atoms with Gasteiger partial charge < -0.3 is 4.90 Å². The summed E-state index contributed by atoms with van der Waals surface area (Å²) in [6.45, 7) is 0. The van der Waals surface area contributed by atoms with E-state index in [-0.39, 0.29) is 5.56 Å². The summed E-state index contributed by atoms with van der Waals surface area (Å²) in [6, 6.07) is 7.25. The highest BCUT2D eigenvalue weighted by molar-refractivity contribution is 5.58. The van der Waals surface area contributed by atoms with Crippen LogP contribution in [0.4, 0.5) is 10.1 Å². The Kier molecular flexibility index (Phi) is 2.29. The summed E-state index contributed by atoms with van der Waals surface area (Å²) in [5, 5.41) is 8.61. The largest absolute Gasteiger partial charge is 0.377 e. The Morgan fingerprint density at radius 3 is 2.67 bits per heavy atom. The van der Waals surface area contributed by atoms with Crippen molar-refractivity contribution in [3.8, 4) is 6.07 Å². The summed E-state index contributed by atoms with van der Waals surface area (Å²) in [5.41, 5.74) is 0.622. The van der Waals surface area contributed by atoms with Crippen LogP contribution in [-0.2, 0) is 0 Å². The number of halogens is 1. The molecule has 0 fully saturated rings. The van der Waals surface area contributed by atoms with Crippen molar-refractivity contribution in [2.24, 2.45) is 0 Å². The molecule has 1 rings (SSSR count). The molecule has 0 bridgehead atoms. The molecule has 3 heteroatoms. The molecule has 0 atom stereocenters. The number of anilines is 1. The average molecular weight is 163 g/mol. The van der Waals surface area contributed by atoms with Crippen LogP contribution in [0.15, 0.2) is 12.1 Å². The highest BCUT2D eigenvalue weighted by Gasteiger charge is 2.08. The molecule has 1 radical (unpaired) electrons. The van der Waals surface area contributed by atoms with E-state index in [1.807, 2.05) is 0 Å². The molecule has 0 N–H and O–H groups in total. The topological polar surface area (TPSA) is 27.0 Å². The smallest absolute Gasteiger partial charge is 0.150 e. The summed E-state index contributed by atoms with van der Waals surface area (Å²) in [7, 11) is 3.52. The lowest BCUT2D eigenvalue weighted by Crippen LogP contribution is -2.11. The van der Waals surface area contributed by atoms with Crippen LogP contribution in [0, 0.1) is 23.2 Å². The normalized spacial score (nSPS) is 9.17. The van der Waals surface area contributed by atoms with E-state index in [4.69, 9.17) is 5.26 Å². The van der Waals surface area contributed by atoms with Crippen molar-refractivity contribution in [3.05, 3.63) is 29.6 Å². The van der Waals surface area contributed by atoms with Crippen molar-refractivity contribution in [1.29, 1.82) is 5.26 Å². The minimum atomic E-state index is -0.594. The van der Waals surface area contributed by atoms with Crippen LogP contribution in [0.5, 0.6) is 0 Å². The van der Waals surface area contributed by atoms with Gasteiger partial charge in [-0.1, -0.05) is 0 Å². The lowest BCUT2D eigenvalue weighted by molar-refractivity contribution is 0.621. The van der Waals surface area contributed by atoms with E-state index in [9.17, 15) is 4.39 Å². The van der Waals surface area contributed by atoms with Gasteiger partial charge in [0.1, 0.15) is 11.6 Å². The number of hydrogen-bond acceptors (Lipinski definition) is 2. The van der Waals surface area contributed by atoms with Crippen molar-refractivity contribution in [2.75, 3.05) is 19.0 Å². The van der Waals surface area contributed by atoms with E-state index >= 15 is 0 Å². The SMILES string of the molecule is CN(C)c1cc[c]c(F)c1C#N. The predicted octanol–water partition coefficient (Wildman–Crippen LogP) is 1.56. The summed E-state index contributed by atoms with van der Waals surface area (Å²) < 4.78 is 12.9. The molecular formula is C9H8FN2. The Morgan fingerprint density at radius 2 is 2.25 bits per heavy atom. The quantitative estimate of drug-likeness (QED) is 0.628. The highest BCUT2D eigenvalue weighted by Crippen LogP contribution is 2.19. The zero-order valence-corrected chi connectivity index (χ0v) is 6.93. The van der Waals surface area contributed by atoms with Gasteiger partial charge in [0.15, 0.2) is 5.82 Å². The van der Waals surface area contributed by atoms with Gasteiger partial charge in [0.2, 0.25) is 0 Å². The van der Waals surface area contributed by atoms with E-state index < -0.39 is 5.82 Å². The molecule has 2 nitrogen and oxygen atoms in total. The first-order chi connectivity index (χ1) is 5.66. The van der Waals surface area contributed by atoms with Gasteiger partial charge in [-0.3, -0.25) is 0 Å². The number of nitriles is 1. The van der Waals surface area contributed by atoms with Crippen molar-refractivity contribution in [2.45, 2.75) is 0 Å². The third-order valence-electron chi connectivity index (χ3n) is 1.52. The molecule has 0 aromatic heterocycles. The second-order valence-corrected chi connectivity index (χ2v) is 2.56. The molecule has 12 heavy (non-hydrogen) atoms. The second kappa shape index (κ2) is 3.22. The first-order valence-corrected chi connectivity index (χ1v) is 3.44. The van der Waals surface area contributed by atoms with Crippen molar-refractivity contribution >= 4 is 5.69 Å². The van der Waals surface area contributed by atoms with E-state index in [0.29, 0.717) is 5.69 Å². The van der Waals surface area contributed by atoms with Gasteiger partial charge in [0.25, 0.3) is 0 Å². The van der Waals surface area contributed by atoms with Crippen LogP contribution in [0.3, 0.4) is 0 Å². The maximum atomic E-state index is 12.9. The first-order valence-electron chi connectivity index (χ1n) is 3.44. The molecule has 0 saturated carbocycles. The summed E-state index contributed by atoms with van der Waals surface area (Å²) in [4.78, 5) is 1.69. The molecule has 0 unspecified atom stereocenters. The zero-order chi connectivity index (χ0) is 9.14. The van der Waals surface area contributed by atoms with Crippen LogP contribution < -0.4 is 4.90 Å². The third kappa shape index (κ3) is 1.37. The lowest BCUT2D eigenvalue weighted by Gasteiger charge is -2.13. The number of rotatable bonds is 1.